The first kappa shape index (κ1) is 9.53. The molecule has 0 amide bonds. The van der Waals surface area contributed by atoms with Gasteiger partial charge in [0.1, 0.15) is 12.1 Å². The fourth-order valence-corrected chi connectivity index (χ4v) is 1.24. The highest BCUT2D eigenvalue weighted by molar-refractivity contribution is 5.32. The van der Waals surface area contributed by atoms with Gasteiger partial charge in [0.05, 0.1) is 6.07 Å². The standard InChI is InChI=1S/C14H12O/c1-2-6-10-13(9-5-1)15-14-11-7-3-4-8-12-14/h1-12H/q+2. The van der Waals surface area contributed by atoms with Gasteiger partial charge in [-0.2, -0.15) is 4.42 Å². The van der Waals surface area contributed by atoms with Gasteiger partial charge >= 0.3 is 11.2 Å². The third-order valence-corrected chi connectivity index (χ3v) is 1.94. The first-order valence-electron chi connectivity index (χ1n) is 4.90. The predicted octanol–water partition coefficient (Wildman–Crippen LogP) is 3.28. The van der Waals surface area contributed by atoms with Crippen LogP contribution in [0.2, 0.25) is 0 Å². The quantitative estimate of drug-likeness (QED) is 0.490. The average Bonchev–Trinajstić information content (AvgIpc) is 2.63. The van der Waals surface area contributed by atoms with Gasteiger partial charge in [-0.05, 0) is 0 Å². The van der Waals surface area contributed by atoms with Gasteiger partial charge in [-0.15, -0.1) is 0 Å². The Morgan fingerprint density at radius 1 is 0.733 bits per heavy atom. The van der Waals surface area contributed by atoms with Crippen LogP contribution in [0.1, 0.15) is 0 Å². The Balaban J connectivity index is 2.49. The molecule has 0 unspecified atom stereocenters. The van der Waals surface area contributed by atoms with Crippen molar-refractivity contribution in [1.29, 1.82) is 0 Å². The summed E-state index contributed by atoms with van der Waals surface area (Å²) in [6, 6.07) is 23.5. The van der Waals surface area contributed by atoms with Crippen LogP contribution in [0.15, 0.2) is 77.2 Å². The minimum Gasteiger partial charge on any atom is -0.183 e. The lowest BCUT2D eigenvalue weighted by Crippen LogP contribution is -1.92. The van der Waals surface area contributed by atoms with Crippen LogP contribution in [-0.4, -0.2) is 0 Å². The minimum absolute atomic E-state index is 0.839. The summed E-state index contributed by atoms with van der Waals surface area (Å²) in [5.41, 5.74) is 0.839. The second kappa shape index (κ2) is 5.01. The Bertz CT molecular complexity index is 469. The van der Waals surface area contributed by atoms with E-state index < -0.39 is 0 Å². The highest BCUT2D eigenvalue weighted by Crippen LogP contribution is 2.09. The van der Waals surface area contributed by atoms with E-state index in [9.17, 15) is 0 Å². The third kappa shape index (κ3) is 2.99. The van der Waals surface area contributed by atoms with Gasteiger partial charge in [0.2, 0.25) is 0 Å². The summed E-state index contributed by atoms with van der Waals surface area (Å²) in [5, 5.41) is 0. The van der Waals surface area contributed by atoms with Crippen molar-refractivity contribution in [3.05, 3.63) is 82.7 Å². The van der Waals surface area contributed by atoms with Crippen LogP contribution in [-0.2, 0) is 0 Å². The van der Waals surface area contributed by atoms with Crippen molar-refractivity contribution in [3.63, 3.8) is 0 Å². The van der Waals surface area contributed by atoms with E-state index in [-0.39, 0.29) is 0 Å². The summed E-state index contributed by atoms with van der Waals surface area (Å²) in [7, 11) is 0. The van der Waals surface area contributed by atoms with Crippen molar-refractivity contribution in [2.75, 3.05) is 0 Å². The maximum Gasteiger partial charge on any atom is 0.456 e. The molecule has 1 heteroatoms. The van der Waals surface area contributed by atoms with E-state index in [1.165, 1.54) is 0 Å². The molecule has 2 aromatic carbocycles. The maximum absolute atomic E-state index is 5.70. The molecule has 2 aromatic rings. The molecule has 0 atom stereocenters. The van der Waals surface area contributed by atoms with E-state index in [1.54, 1.807) is 0 Å². The summed E-state index contributed by atoms with van der Waals surface area (Å²) in [6.45, 7) is 0. The van der Waals surface area contributed by atoms with Crippen molar-refractivity contribution < 1.29 is 0 Å². The molecule has 2 rings (SSSR count). The van der Waals surface area contributed by atoms with E-state index in [1.807, 2.05) is 72.8 Å². The predicted molar refractivity (Wildman–Crippen MR) is 63.0 cm³/mol. The summed E-state index contributed by atoms with van der Waals surface area (Å²) in [6.07, 6.45) is 0. The zero-order valence-corrected chi connectivity index (χ0v) is 8.34. The topological polar surface area (TPSA) is 11.3 Å². The maximum atomic E-state index is 5.70. The molecule has 0 saturated heterocycles. The number of hydrogen-bond donors (Lipinski definition) is 0. The molecule has 0 aliphatic heterocycles. The molecular formula is C14H12O+2. The second-order valence-electron chi connectivity index (χ2n) is 3.11. The Morgan fingerprint density at radius 2 is 1.40 bits per heavy atom. The molecule has 0 saturated carbocycles. The monoisotopic (exact) mass is 196 g/mol. The molecule has 0 N–H and O–H groups in total. The lowest BCUT2D eigenvalue weighted by atomic mass is 10.5. The van der Waals surface area contributed by atoms with Crippen LogP contribution in [0.3, 0.4) is 0 Å². The normalized spacial score (nSPS) is 9.33. The lowest BCUT2D eigenvalue weighted by Gasteiger charge is -1.65. The van der Waals surface area contributed by atoms with E-state index in [0.717, 1.165) is 11.2 Å². The van der Waals surface area contributed by atoms with E-state index in [2.05, 4.69) is 0 Å². The molecule has 0 radical (unpaired) electrons. The first-order valence-corrected chi connectivity index (χ1v) is 4.90. The van der Waals surface area contributed by atoms with Gasteiger partial charge < -0.3 is 0 Å². The van der Waals surface area contributed by atoms with Crippen LogP contribution >= 0.6 is 0 Å². The molecule has 0 heterocycles. The van der Waals surface area contributed by atoms with Gasteiger partial charge in [-0.3, -0.25) is 0 Å². The molecule has 0 fully saturated rings. The summed E-state index contributed by atoms with van der Waals surface area (Å²) >= 11 is 0. The van der Waals surface area contributed by atoms with Crippen LogP contribution in [0.5, 0.6) is 5.75 Å². The Hall–Kier alpha value is -2.02. The molecule has 15 heavy (non-hydrogen) atoms. The zero-order valence-electron chi connectivity index (χ0n) is 8.34. The van der Waals surface area contributed by atoms with Crippen molar-refractivity contribution in [2.24, 2.45) is 0 Å². The lowest BCUT2D eigenvalue weighted by molar-refractivity contribution is 1.55. The van der Waals surface area contributed by atoms with E-state index in [0.29, 0.717) is 0 Å². The van der Waals surface area contributed by atoms with Gasteiger partial charge in [0.25, 0.3) is 0 Å². The van der Waals surface area contributed by atoms with Crippen LogP contribution in [0.4, 0.5) is 0 Å². The summed E-state index contributed by atoms with van der Waals surface area (Å²) < 4.78 is 5.70. The smallest absolute Gasteiger partial charge is 0.183 e. The minimum atomic E-state index is 0.839. The van der Waals surface area contributed by atoms with Gasteiger partial charge in [0.15, 0.2) is 0 Å². The van der Waals surface area contributed by atoms with E-state index >= 15 is 0 Å². The van der Waals surface area contributed by atoms with E-state index in [4.69, 9.17) is 4.42 Å². The molecular weight excluding hydrogens is 184 g/mol. The molecule has 0 aliphatic carbocycles. The molecule has 1 nitrogen and oxygen atoms in total. The Kier molecular flexibility index (Phi) is 3.18. The van der Waals surface area contributed by atoms with Crippen LogP contribution < -0.4 is 5.43 Å². The molecule has 0 spiro atoms. The van der Waals surface area contributed by atoms with Gasteiger partial charge in [0, 0.05) is 30.3 Å². The van der Waals surface area contributed by atoms with Crippen molar-refractivity contribution in [3.8, 4) is 5.75 Å². The number of rotatable bonds is 1. The van der Waals surface area contributed by atoms with Crippen LogP contribution in [0.25, 0.3) is 0 Å². The fourth-order valence-electron chi connectivity index (χ4n) is 1.24. The summed E-state index contributed by atoms with van der Waals surface area (Å²) in [4.78, 5) is 0. The molecule has 72 valence electrons. The van der Waals surface area contributed by atoms with Crippen molar-refractivity contribution >= 4 is 0 Å². The van der Waals surface area contributed by atoms with Crippen molar-refractivity contribution in [2.45, 2.75) is 0 Å². The van der Waals surface area contributed by atoms with Crippen molar-refractivity contribution in [1.82, 2.24) is 0 Å². The Labute approximate surface area is 89.0 Å². The SMILES string of the molecule is c1cc[cH+]c([O+]=c2cccccc2)cc1. The number of hydrogen-bond acceptors (Lipinski definition) is 0. The average molecular weight is 196 g/mol. The molecule has 0 bridgehead atoms. The largest absolute Gasteiger partial charge is 0.456 e. The summed E-state index contributed by atoms with van der Waals surface area (Å²) in [5.74, 6) is 0.839. The second-order valence-corrected chi connectivity index (χ2v) is 3.11. The highest BCUT2D eigenvalue weighted by Gasteiger charge is 2.03. The molecule has 0 aromatic heterocycles. The van der Waals surface area contributed by atoms with Crippen LogP contribution in [0, 0.1) is 0 Å². The molecule has 0 aliphatic rings. The first-order chi connectivity index (χ1) is 7.45. The van der Waals surface area contributed by atoms with Gasteiger partial charge in [-0.1, -0.05) is 24.3 Å². The van der Waals surface area contributed by atoms with Gasteiger partial charge in [-0.25, -0.2) is 0 Å². The Morgan fingerprint density at radius 3 is 2.20 bits per heavy atom. The highest BCUT2D eigenvalue weighted by atomic mass is 16.4. The third-order valence-electron chi connectivity index (χ3n) is 1.94. The zero-order chi connectivity index (χ0) is 10.3. The fraction of sp³-hybridized carbons (Fsp3) is 0.